The summed E-state index contributed by atoms with van der Waals surface area (Å²) in [4.78, 5) is 30.0. The van der Waals surface area contributed by atoms with Crippen LogP contribution in [0.1, 0.15) is 12.6 Å². The largest absolute Gasteiger partial charge is 0.494 e. The van der Waals surface area contributed by atoms with E-state index < -0.39 is 5.69 Å². The van der Waals surface area contributed by atoms with Crippen molar-refractivity contribution in [2.45, 2.75) is 20.4 Å². The zero-order chi connectivity index (χ0) is 22.0. The maximum atomic E-state index is 13.0. The summed E-state index contributed by atoms with van der Waals surface area (Å²) in [6.45, 7) is 4.04. The van der Waals surface area contributed by atoms with Gasteiger partial charge in [0, 0.05) is 28.0 Å². The number of anilines is 1. The van der Waals surface area contributed by atoms with E-state index in [0.29, 0.717) is 45.8 Å². The van der Waals surface area contributed by atoms with E-state index in [-0.39, 0.29) is 12.5 Å². The average Bonchev–Trinajstić information content (AvgIpc) is 3.04. The molecule has 0 saturated carbocycles. The Balaban J connectivity index is 1.63. The number of rotatable bonds is 6. The number of amides is 1. The Bertz CT molecular complexity index is 1310. The lowest BCUT2D eigenvalue weighted by molar-refractivity contribution is -0.117. The zero-order valence-electron chi connectivity index (χ0n) is 17.0. The maximum Gasteiger partial charge on any atom is 0.352 e. The predicted octanol–water partition coefficient (Wildman–Crippen LogP) is 3.56. The highest BCUT2D eigenvalue weighted by molar-refractivity contribution is 6.30. The van der Waals surface area contributed by atoms with Crippen LogP contribution in [-0.2, 0) is 11.3 Å². The highest BCUT2D eigenvalue weighted by Crippen LogP contribution is 2.21. The van der Waals surface area contributed by atoms with Crippen LogP contribution in [0.5, 0.6) is 5.75 Å². The standard InChI is InChI=1S/C22H20ClN5O3/c1-3-31-18-9-7-17(8-10-18)25-20(29)13-27-22(30)28-19(26-27)11-14(2)24-21(28)15-5-4-6-16(23)12-15/h4-12H,3,13H2,1-2H3,(H,25,29). The number of carbonyl (C=O) groups is 1. The molecule has 158 valence electrons. The molecule has 0 unspecified atom stereocenters. The normalized spacial score (nSPS) is 10.9. The van der Waals surface area contributed by atoms with E-state index in [9.17, 15) is 9.59 Å². The molecule has 0 atom stereocenters. The summed E-state index contributed by atoms with van der Waals surface area (Å²) in [5.41, 5.74) is 1.92. The average molecular weight is 438 g/mol. The van der Waals surface area contributed by atoms with E-state index in [0.717, 1.165) is 4.68 Å². The molecule has 4 aromatic rings. The van der Waals surface area contributed by atoms with Crippen LogP contribution in [0.25, 0.3) is 17.0 Å². The van der Waals surface area contributed by atoms with Gasteiger partial charge in [-0.05, 0) is 50.2 Å². The number of hydrogen-bond donors (Lipinski definition) is 1. The molecule has 1 N–H and O–H groups in total. The minimum atomic E-state index is -0.459. The minimum Gasteiger partial charge on any atom is -0.494 e. The van der Waals surface area contributed by atoms with Gasteiger partial charge in [-0.2, -0.15) is 0 Å². The van der Waals surface area contributed by atoms with Crippen molar-refractivity contribution in [2.75, 3.05) is 11.9 Å². The highest BCUT2D eigenvalue weighted by Gasteiger charge is 2.16. The molecule has 2 aromatic carbocycles. The number of halogens is 1. The van der Waals surface area contributed by atoms with Gasteiger partial charge in [0.2, 0.25) is 5.91 Å². The van der Waals surface area contributed by atoms with E-state index in [1.54, 1.807) is 48.5 Å². The molecule has 0 saturated heterocycles. The van der Waals surface area contributed by atoms with Gasteiger partial charge in [0.15, 0.2) is 5.65 Å². The van der Waals surface area contributed by atoms with Gasteiger partial charge in [0.25, 0.3) is 0 Å². The van der Waals surface area contributed by atoms with Gasteiger partial charge < -0.3 is 10.1 Å². The molecule has 0 radical (unpaired) electrons. The third kappa shape index (κ3) is 4.44. The summed E-state index contributed by atoms with van der Waals surface area (Å²) >= 11 is 6.11. The number of carbonyl (C=O) groups excluding carboxylic acids is 1. The van der Waals surface area contributed by atoms with Crippen LogP contribution in [0.15, 0.2) is 59.4 Å². The number of aromatic nitrogens is 4. The summed E-state index contributed by atoms with van der Waals surface area (Å²) in [7, 11) is 0. The van der Waals surface area contributed by atoms with Crippen molar-refractivity contribution in [1.29, 1.82) is 0 Å². The predicted molar refractivity (Wildman–Crippen MR) is 119 cm³/mol. The molecule has 0 bridgehead atoms. The van der Waals surface area contributed by atoms with Gasteiger partial charge in [-0.15, -0.1) is 5.10 Å². The number of nitrogens with one attached hydrogen (secondary N) is 1. The van der Waals surface area contributed by atoms with Crippen LogP contribution in [0, 0.1) is 6.92 Å². The van der Waals surface area contributed by atoms with Crippen molar-refractivity contribution in [2.24, 2.45) is 0 Å². The quantitative estimate of drug-likeness (QED) is 0.498. The van der Waals surface area contributed by atoms with Crippen LogP contribution in [-0.4, -0.2) is 31.7 Å². The smallest absolute Gasteiger partial charge is 0.352 e. The minimum absolute atomic E-state index is 0.234. The molecule has 1 amide bonds. The van der Waals surface area contributed by atoms with Crippen LogP contribution in [0.2, 0.25) is 5.02 Å². The fourth-order valence-corrected chi connectivity index (χ4v) is 3.41. The number of fused-ring (bicyclic) bond motifs is 1. The summed E-state index contributed by atoms with van der Waals surface area (Å²) in [6.07, 6.45) is 0. The van der Waals surface area contributed by atoms with Crippen LogP contribution in [0.3, 0.4) is 0 Å². The molecule has 2 heterocycles. The van der Waals surface area contributed by atoms with Crippen LogP contribution >= 0.6 is 11.6 Å². The number of benzene rings is 2. The first-order valence-corrected chi connectivity index (χ1v) is 10.1. The van der Waals surface area contributed by atoms with Crippen molar-refractivity contribution in [3.05, 3.63) is 75.8 Å². The Morgan fingerprint density at radius 1 is 1.16 bits per heavy atom. The van der Waals surface area contributed by atoms with Crippen LogP contribution < -0.4 is 15.7 Å². The fraction of sp³-hybridized carbons (Fsp3) is 0.182. The molecular formula is C22H20ClN5O3. The van der Waals surface area contributed by atoms with E-state index in [1.165, 1.54) is 4.40 Å². The second-order valence-corrected chi connectivity index (χ2v) is 7.31. The maximum absolute atomic E-state index is 13.0. The third-order valence-corrected chi connectivity index (χ3v) is 4.76. The van der Waals surface area contributed by atoms with Crippen molar-refractivity contribution in [3.8, 4) is 17.1 Å². The highest BCUT2D eigenvalue weighted by atomic mass is 35.5. The molecular weight excluding hydrogens is 418 g/mol. The molecule has 2 aromatic heterocycles. The first-order chi connectivity index (χ1) is 14.9. The first-order valence-electron chi connectivity index (χ1n) is 9.70. The number of hydrogen-bond acceptors (Lipinski definition) is 5. The lowest BCUT2D eigenvalue weighted by atomic mass is 10.2. The second-order valence-electron chi connectivity index (χ2n) is 6.87. The monoisotopic (exact) mass is 437 g/mol. The van der Waals surface area contributed by atoms with Crippen molar-refractivity contribution in [3.63, 3.8) is 0 Å². The SMILES string of the molecule is CCOc1ccc(NC(=O)Cn2nc3cc(C)nc(-c4cccc(Cl)c4)n3c2=O)cc1. The molecule has 8 nitrogen and oxygen atoms in total. The van der Waals surface area contributed by atoms with Gasteiger partial charge >= 0.3 is 5.69 Å². The van der Waals surface area contributed by atoms with Gasteiger partial charge in [-0.25, -0.2) is 18.9 Å². The van der Waals surface area contributed by atoms with E-state index in [1.807, 2.05) is 19.9 Å². The van der Waals surface area contributed by atoms with Gasteiger partial charge in [0.1, 0.15) is 18.1 Å². The van der Waals surface area contributed by atoms with Crippen molar-refractivity contribution in [1.82, 2.24) is 19.2 Å². The Morgan fingerprint density at radius 3 is 2.65 bits per heavy atom. The summed E-state index contributed by atoms with van der Waals surface area (Å²) in [5.74, 6) is 0.762. The second kappa shape index (κ2) is 8.61. The summed E-state index contributed by atoms with van der Waals surface area (Å²) < 4.78 is 7.89. The van der Waals surface area contributed by atoms with Crippen molar-refractivity contribution < 1.29 is 9.53 Å². The Labute approximate surface area is 183 Å². The van der Waals surface area contributed by atoms with E-state index in [2.05, 4.69) is 15.4 Å². The van der Waals surface area contributed by atoms with Crippen molar-refractivity contribution >= 4 is 28.8 Å². The Morgan fingerprint density at radius 2 is 1.94 bits per heavy atom. The molecule has 9 heteroatoms. The summed E-state index contributed by atoms with van der Waals surface area (Å²) in [6, 6.07) is 15.8. The topological polar surface area (TPSA) is 90.5 Å². The molecule has 0 spiro atoms. The molecule has 31 heavy (non-hydrogen) atoms. The number of aryl methyl sites for hydroxylation is 1. The molecule has 0 fully saturated rings. The van der Waals surface area contributed by atoms with Crippen LogP contribution in [0.4, 0.5) is 5.69 Å². The third-order valence-electron chi connectivity index (χ3n) is 4.52. The first kappa shape index (κ1) is 20.6. The lowest BCUT2D eigenvalue weighted by Gasteiger charge is -2.07. The summed E-state index contributed by atoms with van der Waals surface area (Å²) in [5, 5.41) is 7.61. The van der Waals surface area contributed by atoms with E-state index in [4.69, 9.17) is 16.3 Å². The van der Waals surface area contributed by atoms with Gasteiger partial charge in [-0.3, -0.25) is 4.79 Å². The fourth-order valence-electron chi connectivity index (χ4n) is 3.22. The number of ether oxygens (including phenoxy) is 1. The molecule has 0 aliphatic carbocycles. The Kier molecular flexibility index (Phi) is 5.73. The van der Waals surface area contributed by atoms with Gasteiger partial charge in [-0.1, -0.05) is 23.7 Å². The van der Waals surface area contributed by atoms with E-state index >= 15 is 0 Å². The Hall–Kier alpha value is -3.65. The number of nitrogens with zero attached hydrogens (tertiary/aromatic N) is 4. The molecule has 0 aliphatic rings. The zero-order valence-corrected chi connectivity index (χ0v) is 17.8. The molecule has 4 rings (SSSR count). The molecule has 0 aliphatic heterocycles. The van der Waals surface area contributed by atoms with Gasteiger partial charge in [0.05, 0.1) is 6.61 Å². The lowest BCUT2D eigenvalue weighted by Crippen LogP contribution is -2.28.